The number of benzene rings is 1. The maximum absolute atomic E-state index is 12.8. The first-order valence-electron chi connectivity index (χ1n) is 11.1. The molecule has 2 aromatic heterocycles. The molecule has 1 saturated carbocycles. The zero-order valence-electron chi connectivity index (χ0n) is 18.5. The summed E-state index contributed by atoms with van der Waals surface area (Å²) in [5.41, 5.74) is 1.81. The molecule has 8 heteroatoms. The van der Waals surface area contributed by atoms with Gasteiger partial charge in [-0.3, -0.25) is 14.3 Å². The first-order chi connectivity index (χ1) is 15.7. The minimum absolute atomic E-state index is 0.0373. The molecule has 1 atom stereocenters. The molecule has 0 radical (unpaired) electrons. The van der Waals surface area contributed by atoms with Gasteiger partial charge in [0.1, 0.15) is 5.75 Å². The van der Waals surface area contributed by atoms with Crippen LogP contribution in [0.1, 0.15) is 39.0 Å². The Bertz CT molecular complexity index is 1020. The molecule has 0 spiro atoms. The molecule has 1 amide bonds. The van der Waals surface area contributed by atoms with Gasteiger partial charge in [-0.1, -0.05) is 31.0 Å². The molecule has 168 valence electrons. The van der Waals surface area contributed by atoms with Crippen molar-refractivity contribution in [1.29, 1.82) is 0 Å². The fourth-order valence-corrected chi connectivity index (χ4v) is 4.88. The molecule has 1 fully saturated rings. The van der Waals surface area contributed by atoms with E-state index in [1.165, 1.54) is 43.9 Å². The minimum Gasteiger partial charge on any atom is -0.497 e. The van der Waals surface area contributed by atoms with Crippen molar-refractivity contribution >= 4 is 17.7 Å². The highest BCUT2D eigenvalue weighted by atomic mass is 32.2. The van der Waals surface area contributed by atoms with Crippen LogP contribution in [0.2, 0.25) is 0 Å². The van der Waals surface area contributed by atoms with Gasteiger partial charge in [-0.2, -0.15) is 0 Å². The Hall–Kier alpha value is -2.87. The molecule has 1 aliphatic rings. The van der Waals surface area contributed by atoms with E-state index < -0.39 is 0 Å². The lowest BCUT2D eigenvalue weighted by Gasteiger charge is -2.22. The molecular formula is C24H29N5O2S. The molecule has 0 aliphatic heterocycles. The van der Waals surface area contributed by atoms with Crippen LogP contribution in [0.4, 0.5) is 0 Å². The fraction of sp³-hybridized carbons (Fsp3) is 0.417. The largest absolute Gasteiger partial charge is 0.497 e. The van der Waals surface area contributed by atoms with Gasteiger partial charge < -0.3 is 10.1 Å². The summed E-state index contributed by atoms with van der Waals surface area (Å²) < 4.78 is 7.27. The number of amides is 1. The Kier molecular flexibility index (Phi) is 7.42. The van der Waals surface area contributed by atoms with Crippen LogP contribution in [0, 0.1) is 5.92 Å². The van der Waals surface area contributed by atoms with Crippen LogP contribution in [0.5, 0.6) is 5.75 Å². The predicted octanol–water partition coefficient (Wildman–Crippen LogP) is 4.52. The van der Waals surface area contributed by atoms with Crippen LogP contribution in [-0.4, -0.2) is 44.6 Å². The number of hydrogen-bond donors (Lipinski definition) is 1. The van der Waals surface area contributed by atoms with Gasteiger partial charge in [0.25, 0.3) is 0 Å². The minimum atomic E-state index is -0.287. The van der Waals surface area contributed by atoms with Gasteiger partial charge in [0, 0.05) is 30.2 Å². The monoisotopic (exact) mass is 451 g/mol. The SMILES string of the molecule is COc1ccc(-n2c(SC(C)C(=O)NCC3CCCCC3)nnc2-c2ccncc2)cc1. The van der Waals surface area contributed by atoms with Crippen LogP contribution in [-0.2, 0) is 4.79 Å². The number of aromatic nitrogens is 4. The van der Waals surface area contributed by atoms with Gasteiger partial charge in [0.2, 0.25) is 5.91 Å². The lowest BCUT2D eigenvalue weighted by Crippen LogP contribution is -2.35. The van der Waals surface area contributed by atoms with E-state index in [2.05, 4.69) is 20.5 Å². The van der Waals surface area contributed by atoms with Crippen molar-refractivity contribution in [3.05, 3.63) is 48.8 Å². The first-order valence-corrected chi connectivity index (χ1v) is 12.0. The Labute approximate surface area is 193 Å². The quantitative estimate of drug-likeness (QED) is 0.507. The summed E-state index contributed by atoms with van der Waals surface area (Å²) in [5, 5.41) is 12.4. The standard InChI is InChI=1S/C24H29N5O2S/c1-17(23(30)26-16-18-6-4-3-5-7-18)32-24-28-27-22(19-12-14-25-15-13-19)29(24)20-8-10-21(31-2)11-9-20/h8-15,17-18H,3-7,16H2,1-2H3,(H,26,30). The Morgan fingerprint density at radius 3 is 2.53 bits per heavy atom. The van der Waals surface area contributed by atoms with E-state index in [1.807, 2.05) is 47.9 Å². The lowest BCUT2D eigenvalue weighted by atomic mass is 9.89. The van der Waals surface area contributed by atoms with E-state index in [9.17, 15) is 4.79 Å². The van der Waals surface area contributed by atoms with Crippen molar-refractivity contribution in [3.8, 4) is 22.8 Å². The van der Waals surface area contributed by atoms with Crippen LogP contribution in [0.15, 0.2) is 53.9 Å². The van der Waals surface area contributed by atoms with Crippen molar-refractivity contribution in [1.82, 2.24) is 25.1 Å². The van der Waals surface area contributed by atoms with E-state index in [-0.39, 0.29) is 11.2 Å². The second kappa shape index (κ2) is 10.6. The fourth-order valence-electron chi connectivity index (χ4n) is 3.99. The average molecular weight is 452 g/mol. The van der Waals surface area contributed by atoms with E-state index in [0.29, 0.717) is 16.9 Å². The molecule has 0 bridgehead atoms. The third kappa shape index (κ3) is 5.30. The Balaban J connectivity index is 1.54. The van der Waals surface area contributed by atoms with Crippen LogP contribution < -0.4 is 10.1 Å². The Morgan fingerprint density at radius 1 is 1.12 bits per heavy atom. The molecule has 2 heterocycles. The highest BCUT2D eigenvalue weighted by Gasteiger charge is 2.23. The summed E-state index contributed by atoms with van der Waals surface area (Å²) >= 11 is 1.42. The van der Waals surface area contributed by atoms with E-state index in [4.69, 9.17) is 4.74 Å². The summed E-state index contributed by atoms with van der Waals surface area (Å²) in [5.74, 6) is 2.12. The number of hydrogen-bond acceptors (Lipinski definition) is 6. The number of rotatable bonds is 8. The Morgan fingerprint density at radius 2 is 1.84 bits per heavy atom. The van der Waals surface area contributed by atoms with E-state index >= 15 is 0 Å². The summed E-state index contributed by atoms with van der Waals surface area (Å²) in [6.07, 6.45) is 9.75. The summed E-state index contributed by atoms with van der Waals surface area (Å²) in [6.45, 7) is 2.68. The van der Waals surface area contributed by atoms with Crippen molar-refractivity contribution in [2.75, 3.05) is 13.7 Å². The smallest absolute Gasteiger partial charge is 0.233 e. The maximum atomic E-state index is 12.8. The number of thioether (sulfide) groups is 1. The van der Waals surface area contributed by atoms with Crippen LogP contribution in [0.3, 0.4) is 0 Å². The molecule has 4 rings (SSSR count). The molecule has 7 nitrogen and oxygen atoms in total. The normalized spacial score (nSPS) is 15.3. The lowest BCUT2D eigenvalue weighted by molar-refractivity contribution is -0.120. The number of pyridine rings is 1. The van der Waals surface area contributed by atoms with Gasteiger partial charge in [0.15, 0.2) is 11.0 Å². The second-order valence-corrected chi connectivity index (χ2v) is 9.39. The molecular weight excluding hydrogens is 422 g/mol. The van der Waals surface area contributed by atoms with Crippen LogP contribution in [0.25, 0.3) is 17.1 Å². The maximum Gasteiger partial charge on any atom is 0.233 e. The average Bonchev–Trinajstić information content (AvgIpc) is 3.27. The molecule has 32 heavy (non-hydrogen) atoms. The van der Waals surface area contributed by atoms with Gasteiger partial charge in [-0.25, -0.2) is 0 Å². The summed E-state index contributed by atoms with van der Waals surface area (Å²) in [7, 11) is 1.64. The van der Waals surface area contributed by atoms with Gasteiger partial charge in [0.05, 0.1) is 12.4 Å². The zero-order valence-corrected chi connectivity index (χ0v) is 19.3. The third-order valence-electron chi connectivity index (χ3n) is 5.84. The molecule has 1 N–H and O–H groups in total. The van der Waals surface area contributed by atoms with E-state index in [1.54, 1.807) is 19.5 Å². The predicted molar refractivity (Wildman–Crippen MR) is 126 cm³/mol. The number of ether oxygens (including phenoxy) is 1. The highest BCUT2D eigenvalue weighted by molar-refractivity contribution is 8.00. The topological polar surface area (TPSA) is 81.9 Å². The molecule has 1 aliphatic carbocycles. The molecule has 1 aromatic carbocycles. The van der Waals surface area contributed by atoms with Crippen molar-refractivity contribution < 1.29 is 9.53 Å². The van der Waals surface area contributed by atoms with Gasteiger partial charge in [-0.15, -0.1) is 10.2 Å². The van der Waals surface area contributed by atoms with Crippen LogP contribution >= 0.6 is 11.8 Å². The summed E-state index contributed by atoms with van der Waals surface area (Å²) in [4.78, 5) is 16.9. The van der Waals surface area contributed by atoms with Gasteiger partial charge >= 0.3 is 0 Å². The van der Waals surface area contributed by atoms with Crippen molar-refractivity contribution in [2.24, 2.45) is 5.92 Å². The number of carbonyl (C=O) groups excluding carboxylic acids is 1. The van der Waals surface area contributed by atoms with E-state index in [0.717, 1.165) is 23.5 Å². The van der Waals surface area contributed by atoms with Crippen molar-refractivity contribution in [2.45, 2.75) is 49.4 Å². The third-order valence-corrected chi connectivity index (χ3v) is 6.89. The molecule has 1 unspecified atom stereocenters. The second-order valence-electron chi connectivity index (χ2n) is 8.08. The first kappa shape index (κ1) is 22.3. The zero-order chi connectivity index (χ0) is 22.3. The molecule has 3 aromatic rings. The number of nitrogens with one attached hydrogen (secondary N) is 1. The molecule has 0 saturated heterocycles. The number of nitrogens with zero attached hydrogens (tertiary/aromatic N) is 4. The van der Waals surface area contributed by atoms with Gasteiger partial charge in [-0.05, 0) is 62.1 Å². The van der Waals surface area contributed by atoms with Crippen molar-refractivity contribution in [3.63, 3.8) is 0 Å². The highest BCUT2D eigenvalue weighted by Crippen LogP contribution is 2.31. The number of carbonyl (C=O) groups is 1. The summed E-state index contributed by atoms with van der Waals surface area (Å²) in [6, 6.07) is 11.5. The number of methoxy groups -OCH3 is 1.